The third-order valence-corrected chi connectivity index (χ3v) is 5.05. The number of aliphatic imine (C=N–C) groups is 1. The van der Waals surface area contributed by atoms with Crippen molar-refractivity contribution in [1.82, 2.24) is 15.6 Å². The number of hydrogen-bond donors (Lipinski definition) is 2. The van der Waals surface area contributed by atoms with Crippen molar-refractivity contribution in [3.8, 4) is 17.2 Å². The molecule has 2 N–H and O–H groups in total. The van der Waals surface area contributed by atoms with Crippen LogP contribution in [-0.2, 0) is 19.4 Å². The zero-order valence-corrected chi connectivity index (χ0v) is 17.6. The first-order valence-electron chi connectivity index (χ1n) is 10.5. The van der Waals surface area contributed by atoms with E-state index < -0.39 is 0 Å². The number of rotatable bonds is 7. The summed E-state index contributed by atoms with van der Waals surface area (Å²) < 4.78 is 11.2. The summed E-state index contributed by atoms with van der Waals surface area (Å²) in [6.45, 7) is 6.98. The number of aromatic nitrogens is 1. The minimum absolute atomic E-state index is 0.459. The Morgan fingerprint density at radius 3 is 2.83 bits per heavy atom. The molecule has 0 atom stereocenters. The Balaban J connectivity index is 1.33. The zero-order chi connectivity index (χ0) is 20.8. The molecule has 0 fully saturated rings. The maximum atomic E-state index is 5.63. The zero-order valence-electron chi connectivity index (χ0n) is 17.6. The molecular formula is C24H28N4O2. The lowest BCUT2D eigenvalue weighted by atomic mass is 10.1. The Labute approximate surface area is 177 Å². The molecule has 0 unspecified atom stereocenters. The van der Waals surface area contributed by atoms with Crippen LogP contribution in [-0.4, -0.2) is 30.6 Å². The van der Waals surface area contributed by atoms with Gasteiger partial charge >= 0.3 is 0 Å². The fraction of sp³-hybridized carbons (Fsp3) is 0.333. The van der Waals surface area contributed by atoms with E-state index in [4.69, 9.17) is 9.15 Å². The lowest BCUT2D eigenvalue weighted by Gasteiger charge is -2.11. The SMILES string of the molecule is CCNC(=NCc1coc(-c2ccc(C)cc2)n1)NCCc1ccc2c(c1)CCO2. The predicted molar refractivity (Wildman–Crippen MR) is 119 cm³/mol. The second-order valence-electron chi connectivity index (χ2n) is 7.42. The van der Waals surface area contributed by atoms with Gasteiger partial charge in [0.2, 0.25) is 5.89 Å². The second-order valence-corrected chi connectivity index (χ2v) is 7.42. The molecule has 0 amide bonds. The van der Waals surface area contributed by atoms with Crippen molar-refractivity contribution in [3.63, 3.8) is 0 Å². The van der Waals surface area contributed by atoms with Gasteiger partial charge in [-0.3, -0.25) is 0 Å². The molecule has 1 aliphatic heterocycles. The summed E-state index contributed by atoms with van der Waals surface area (Å²) >= 11 is 0. The van der Waals surface area contributed by atoms with E-state index in [-0.39, 0.29) is 0 Å². The number of benzene rings is 2. The van der Waals surface area contributed by atoms with Crippen molar-refractivity contribution in [2.24, 2.45) is 4.99 Å². The summed E-state index contributed by atoms with van der Waals surface area (Å²) in [4.78, 5) is 9.21. The van der Waals surface area contributed by atoms with Crippen molar-refractivity contribution in [2.45, 2.75) is 33.2 Å². The molecule has 6 nitrogen and oxygen atoms in total. The monoisotopic (exact) mass is 404 g/mol. The molecule has 30 heavy (non-hydrogen) atoms. The van der Waals surface area contributed by atoms with Crippen LogP contribution in [0.15, 0.2) is 58.1 Å². The van der Waals surface area contributed by atoms with Crippen LogP contribution in [0.2, 0.25) is 0 Å². The summed E-state index contributed by atoms with van der Waals surface area (Å²) in [6.07, 6.45) is 3.61. The van der Waals surface area contributed by atoms with Crippen LogP contribution in [0.4, 0.5) is 0 Å². The third-order valence-electron chi connectivity index (χ3n) is 5.05. The summed E-state index contributed by atoms with van der Waals surface area (Å²) in [5, 5.41) is 6.69. The van der Waals surface area contributed by atoms with E-state index >= 15 is 0 Å². The van der Waals surface area contributed by atoms with Gasteiger partial charge in [-0.2, -0.15) is 0 Å². The topological polar surface area (TPSA) is 71.7 Å². The number of ether oxygens (including phenoxy) is 1. The highest BCUT2D eigenvalue weighted by Gasteiger charge is 2.12. The van der Waals surface area contributed by atoms with Gasteiger partial charge in [0.05, 0.1) is 13.2 Å². The summed E-state index contributed by atoms with van der Waals surface area (Å²) in [6, 6.07) is 14.6. The fourth-order valence-electron chi connectivity index (χ4n) is 3.43. The van der Waals surface area contributed by atoms with E-state index in [1.54, 1.807) is 6.26 Å². The first-order valence-corrected chi connectivity index (χ1v) is 10.5. The molecule has 0 saturated carbocycles. The van der Waals surface area contributed by atoms with E-state index in [1.807, 2.05) is 12.1 Å². The molecule has 4 rings (SSSR count). The van der Waals surface area contributed by atoms with E-state index in [0.29, 0.717) is 12.4 Å². The van der Waals surface area contributed by atoms with Crippen LogP contribution in [0, 0.1) is 6.92 Å². The van der Waals surface area contributed by atoms with E-state index in [2.05, 4.69) is 64.8 Å². The van der Waals surface area contributed by atoms with Crippen LogP contribution >= 0.6 is 0 Å². The van der Waals surface area contributed by atoms with Crippen molar-refractivity contribution in [3.05, 3.63) is 71.1 Å². The van der Waals surface area contributed by atoms with Gasteiger partial charge in [-0.25, -0.2) is 9.98 Å². The molecule has 2 aromatic carbocycles. The Morgan fingerprint density at radius 1 is 1.13 bits per heavy atom. The minimum Gasteiger partial charge on any atom is -0.493 e. The lowest BCUT2D eigenvalue weighted by molar-refractivity contribution is 0.357. The highest BCUT2D eigenvalue weighted by molar-refractivity contribution is 5.79. The summed E-state index contributed by atoms with van der Waals surface area (Å²) in [5.41, 5.74) is 5.61. The largest absolute Gasteiger partial charge is 0.493 e. The molecule has 0 bridgehead atoms. The molecule has 1 aromatic heterocycles. The maximum Gasteiger partial charge on any atom is 0.226 e. The quantitative estimate of drug-likeness (QED) is 0.462. The van der Waals surface area contributed by atoms with Crippen LogP contribution in [0.25, 0.3) is 11.5 Å². The van der Waals surface area contributed by atoms with Gasteiger partial charge < -0.3 is 19.8 Å². The van der Waals surface area contributed by atoms with Gasteiger partial charge in [0.25, 0.3) is 0 Å². The molecule has 1 aliphatic rings. The molecular weight excluding hydrogens is 376 g/mol. The Hall–Kier alpha value is -3.28. The fourth-order valence-corrected chi connectivity index (χ4v) is 3.43. The number of aryl methyl sites for hydroxylation is 1. The second kappa shape index (κ2) is 9.48. The summed E-state index contributed by atoms with van der Waals surface area (Å²) in [5.74, 6) is 2.43. The number of guanidine groups is 1. The first kappa shape index (κ1) is 20.0. The van der Waals surface area contributed by atoms with Gasteiger partial charge in [-0.1, -0.05) is 29.8 Å². The molecule has 0 spiro atoms. The van der Waals surface area contributed by atoms with Crippen molar-refractivity contribution < 1.29 is 9.15 Å². The van der Waals surface area contributed by atoms with Gasteiger partial charge in [0.1, 0.15) is 17.7 Å². The van der Waals surface area contributed by atoms with Gasteiger partial charge in [0, 0.05) is 25.1 Å². The van der Waals surface area contributed by atoms with Crippen LogP contribution < -0.4 is 15.4 Å². The summed E-state index contributed by atoms with van der Waals surface area (Å²) in [7, 11) is 0. The van der Waals surface area contributed by atoms with Crippen LogP contribution in [0.3, 0.4) is 0 Å². The van der Waals surface area contributed by atoms with E-state index in [0.717, 1.165) is 55.5 Å². The molecule has 3 aromatic rings. The molecule has 0 radical (unpaired) electrons. The number of nitrogens with one attached hydrogen (secondary N) is 2. The van der Waals surface area contributed by atoms with E-state index in [1.165, 1.54) is 16.7 Å². The smallest absolute Gasteiger partial charge is 0.226 e. The Morgan fingerprint density at radius 2 is 2.00 bits per heavy atom. The molecule has 0 aliphatic carbocycles. The van der Waals surface area contributed by atoms with Crippen molar-refractivity contribution in [2.75, 3.05) is 19.7 Å². The van der Waals surface area contributed by atoms with Gasteiger partial charge in [-0.15, -0.1) is 0 Å². The molecule has 6 heteroatoms. The highest BCUT2D eigenvalue weighted by Crippen LogP contribution is 2.25. The molecule has 2 heterocycles. The molecule has 156 valence electrons. The standard InChI is InChI=1S/C24H28N4O2/c1-3-25-24(26-12-10-18-6-9-22-20(14-18)11-13-29-22)27-15-21-16-30-23(28-21)19-7-4-17(2)5-8-19/h4-9,14,16H,3,10-13,15H2,1-2H3,(H2,25,26,27). The van der Waals surface area contributed by atoms with Gasteiger partial charge in [-0.05, 0) is 49.6 Å². The Kier molecular flexibility index (Phi) is 6.32. The Bertz CT molecular complexity index is 1010. The van der Waals surface area contributed by atoms with Crippen molar-refractivity contribution in [1.29, 1.82) is 0 Å². The number of hydrogen-bond acceptors (Lipinski definition) is 4. The normalized spacial score (nSPS) is 13.1. The minimum atomic E-state index is 0.459. The third kappa shape index (κ3) is 5.00. The highest BCUT2D eigenvalue weighted by atomic mass is 16.5. The number of nitrogens with zero attached hydrogens (tertiary/aromatic N) is 2. The van der Waals surface area contributed by atoms with Crippen LogP contribution in [0.1, 0.15) is 29.3 Å². The predicted octanol–water partition coefficient (Wildman–Crippen LogP) is 3.88. The number of fused-ring (bicyclic) bond motifs is 1. The van der Waals surface area contributed by atoms with Crippen molar-refractivity contribution >= 4 is 5.96 Å². The van der Waals surface area contributed by atoms with Crippen LogP contribution in [0.5, 0.6) is 5.75 Å². The average molecular weight is 405 g/mol. The molecule has 0 saturated heterocycles. The lowest BCUT2D eigenvalue weighted by Crippen LogP contribution is -2.38. The first-order chi connectivity index (χ1) is 14.7. The average Bonchev–Trinajstić information content (AvgIpc) is 3.42. The van der Waals surface area contributed by atoms with Gasteiger partial charge in [0.15, 0.2) is 5.96 Å². The maximum absolute atomic E-state index is 5.63. The number of oxazole rings is 1. The van der Waals surface area contributed by atoms with E-state index in [9.17, 15) is 0 Å².